The first-order valence-corrected chi connectivity index (χ1v) is 10.6. The molecule has 0 aromatic heterocycles. The Balaban J connectivity index is 1.46. The number of piperidine rings is 1. The number of ether oxygens (including phenoxy) is 2. The van der Waals surface area contributed by atoms with Gasteiger partial charge in [0.15, 0.2) is 0 Å². The largest absolute Gasteiger partial charge is 0.465 e. The summed E-state index contributed by atoms with van der Waals surface area (Å²) in [6, 6.07) is 25.1. The van der Waals surface area contributed by atoms with E-state index in [1.807, 2.05) is 78.9 Å². The summed E-state index contributed by atoms with van der Waals surface area (Å²) in [6.07, 6.45) is -0.457. The summed E-state index contributed by atoms with van der Waals surface area (Å²) in [4.78, 5) is 12.9. The predicted molar refractivity (Wildman–Crippen MR) is 120 cm³/mol. The Morgan fingerprint density at radius 3 is 2.48 bits per heavy atom. The number of hydrogen-bond acceptors (Lipinski definition) is 3. The summed E-state index contributed by atoms with van der Waals surface area (Å²) in [5, 5.41) is 10.1. The van der Waals surface area contributed by atoms with Crippen molar-refractivity contribution in [1.82, 2.24) is 4.90 Å². The van der Waals surface area contributed by atoms with Gasteiger partial charge in [-0.25, -0.2) is 4.79 Å². The second-order valence-corrected chi connectivity index (χ2v) is 8.02. The second kappa shape index (κ2) is 9.86. The molecule has 1 heterocycles. The molecule has 0 spiro atoms. The van der Waals surface area contributed by atoms with Gasteiger partial charge < -0.3 is 19.5 Å². The van der Waals surface area contributed by atoms with Gasteiger partial charge in [-0.05, 0) is 53.9 Å². The van der Waals surface area contributed by atoms with Crippen LogP contribution >= 0.6 is 11.6 Å². The number of benzene rings is 3. The average Bonchev–Trinajstić information content (AvgIpc) is 2.79. The molecule has 160 valence electrons. The summed E-state index contributed by atoms with van der Waals surface area (Å²) in [6.45, 7) is 1.19. The number of carboxylic acid groups (broad SMARTS) is 1. The molecule has 1 fully saturated rings. The number of likely N-dealkylation sites (tertiary alicyclic amines) is 1. The van der Waals surface area contributed by atoms with E-state index in [4.69, 9.17) is 21.1 Å². The number of para-hydroxylation sites is 1. The highest BCUT2D eigenvalue weighted by Gasteiger charge is 2.33. The molecule has 1 amide bonds. The van der Waals surface area contributed by atoms with Gasteiger partial charge in [0.05, 0.1) is 19.3 Å². The number of halogens is 1. The molecule has 1 saturated heterocycles. The van der Waals surface area contributed by atoms with E-state index in [0.29, 0.717) is 31.1 Å². The fourth-order valence-corrected chi connectivity index (χ4v) is 4.00. The van der Waals surface area contributed by atoms with Crippen molar-refractivity contribution in [2.75, 3.05) is 13.1 Å². The van der Waals surface area contributed by atoms with Gasteiger partial charge in [-0.3, -0.25) is 0 Å². The quantitative estimate of drug-likeness (QED) is 0.499. The standard InChI is InChI=1S/C25H24ClNO4/c26-20-11-9-19(10-12-20)23-13-14-27(25(28)29)16-24(23)30-17-18-5-4-8-22(15-18)31-21-6-2-1-3-7-21/h1-12,15,23-24H,13-14,16-17H2,(H,28,29). The minimum absolute atomic E-state index is 0.108. The number of nitrogens with zero attached hydrogens (tertiary/aromatic N) is 1. The average molecular weight is 438 g/mol. The lowest BCUT2D eigenvalue weighted by molar-refractivity contribution is -0.0199. The van der Waals surface area contributed by atoms with Crippen molar-refractivity contribution in [3.63, 3.8) is 0 Å². The molecule has 4 rings (SSSR count). The first-order chi connectivity index (χ1) is 15.1. The summed E-state index contributed by atoms with van der Waals surface area (Å²) >= 11 is 6.04. The molecule has 3 aromatic rings. The Kier molecular flexibility index (Phi) is 6.75. The molecule has 6 heteroatoms. The second-order valence-electron chi connectivity index (χ2n) is 7.59. The topological polar surface area (TPSA) is 59.0 Å². The van der Waals surface area contributed by atoms with Crippen LogP contribution in [-0.4, -0.2) is 35.3 Å². The van der Waals surface area contributed by atoms with Crippen LogP contribution < -0.4 is 4.74 Å². The molecule has 31 heavy (non-hydrogen) atoms. The fraction of sp³-hybridized carbons (Fsp3) is 0.240. The van der Waals surface area contributed by atoms with Crippen molar-refractivity contribution in [2.24, 2.45) is 0 Å². The molecular weight excluding hydrogens is 414 g/mol. The van der Waals surface area contributed by atoms with Gasteiger partial charge in [-0.1, -0.05) is 54.1 Å². The van der Waals surface area contributed by atoms with Crippen molar-refractivity contribution in [3.8, 4) is 11.5 Å². The van der Waals surface area contributed by atoms with Gasteiger partial charge >= 0.3 is 6.09 Å². The maximum absolute atomic E-state index is 11.5. The molecule has 1 N–H and O–H groups in total. The molecule has 0 bridgehead atoms. The van der Waals surface area contributed by atoms with Crippen molar-refractivity contribution >= 4 is 17.7 Å². The molecule has 0 radical (unpaired) electrons. The molecule has 3 aromatic carbocycles. The number of rotatable bonds is 6. The molecule has 1 aliphatic heterocycles. The van der Waals surface area contributed by atoms with E-state index in [2.05, 4.69) is 0 Å². The first-order valence-electron chi connectivity index (χ1n) is 10.3. The van der Waals surface area contributed by atoms with E-state index < -0.39 is 6.09 Å². The zero-order valence-electron chi connectivity index (χ0n) is 17.0. The molecule has 0 saturated carbocycles. The minimum atomic E-state index is -0.915. The van der Waals surface area contributed by atoms with Crippen molar-refractivity contribution < 1.29 is 19.4 Å². The lowest BCUT2D eigenvalue weighted by Gasteiger charge is -2.37. The monoisotopic (exact) mass is 437 g/mol. The molecule has 2 unspecified atom stereocenters. The van der Waals surface area contributed by atoms with Crippen molar-refractivity contribution in [2.45, 2.75) is 25.0 Å². The number of carbonyl (C=O) groups is 1. The molecular formula is C25H24ClNO4. The smallest absolute Gasteiger partial charge is 0.407 e. The van der Waals surface area contributed by atoms with Crippen molar-refractivity contribution in [1.29, 1.82) is 0 Å². The van der Waals surface area contributed by atoms with Crippen LogP contribution in [-0.2, 0) is 11.3 Å². The summed E-state index contributed by atoms with van der Waals surface area (Å²) in [7, 11) is 0. The summed E-state index contributed by atoms with van der Waals surface area (Å²) < 4.78 is 12.2. The number of hydrogen-bond donors (Lipinski definition) is 1. The van der Waals surface area contributed by atoms with Gasteiger partial charge in [0.1, 0.15) is 11.5 Å². The highest BCUT2D eigenvalue weighted by molar-refractivity contribution is 6.30. The highest BCUT2D eigenvalue weighted by Crippen LogP contribution is 2.32. The van der Waals surface area contributed by atoms with E-state index in [1.165, 1.54) is 4.90 Å². The van der Waals surface area contributed by atoms with Gasteiger partial charge in [0.25, 0.3) is 0 Å². The lowest BCUT2D eigenvalue weighted by atomic mass is 9.87. The third-order valence-corrected chi connectivity index (χ3v) is 5.72. The Bertz CT molecular complexity index is 1010. The van der Waals surface area contributed by atoms with E-state index in [1.54, 1.807) is 0 Å². The molecule has 0 aliphatic carbocycles. The zero-order chi connectivity index (χ0) is 21.6. The van der Waals surface area contributed by atoms with Crippen LogP contribution in [0, 0.1) is 0 Å². The predicted octanol–water partition coefficient (Wildman–Crippen LogP) is 6.19. The van der Waals surface area contributed by atoms with Crippen LogP contribution in [0.15, 0.2) is 78.9 Å². The van der Waals surface area contributed by atoms with Crippen LogP contribution in [0.1, 0.15) is 23.5 Å². The molecule has 2 atom stereocenters. The van der Waals surface area contributed by atoms with E-state index in [9.17, 15) is 9.90 Å². The summed E-state index contributed by atoms with van der Waals surface area (Å²) in [5.41, 5.74) is 2.08. The van der Waals surface area contributed by atoms with Crippen LogP contribution in [0.4, 0.5) is 4.79 Å². The van der Waals surface area contributed by atoms with E-state index >= 15 is 0 Å². The molecule has 1 aliphatic rings. The Morgan fingerprint density at radius 2 is 1.74 bits per heavy atom. The van der Waals surface area contributed by atoms with Crippen LogP contribution in [0.25, 0.3) is 0 Å². The van der Waals surface area contributed by atoms with Crippen LogP contribution in [0.2, 0.25) is 5.02 Å². The lowest BCUT2D eigenvalue weighted by Crippen LogP contribution is -2.46. The maximum atomic E-state index is 11.5. The third kappa shape index (κ3) is 5.57. The first kappa shape index (κ1) is 21.2. The van der Waals surface area contributed by atoms with Crippen molar-refractivity contribution in [3.05, 3.63) is 95.0 Å². The SMILES string of the molecule is O=C(O)N1CCC(c2ccc(Cl)cc2)C(OCc2cccc(Oc3ccccc3)c2)C1. The Morgan fingerprint density at radius 1 is 1.00 bits per heavy atom. The van der Waals surface area contributed by atoms with E-state index in [0.717, 1.165) is 22.6 Å². The van der Waals surface area contributed by atoms with E-state index in [-0.39, 0.29) is 12.0 Å². The van der Waals surface area contributed by atoms with Gasteiger partial charge in [-0.2, -0.15) is 0 Å². The number of amides is 1. The normalized spacial score (nSPS) is 18.5. The van der Waals surface area contributed by atoms with Gasteiger partial charge in [-0.15, -0.1) is 0 Å². The van der Waals surface area contributed by atoms with Crippen LogP contribution in [0.3, 0.4) is 0 Å². The summed E-state index contributed by atoms with van der Waals surface area (Å²) in [5.74, 6) is 1.61. The van der Waals surface area contributed by atoms with Gasteiger partial charge in [0, 0.05) is 17.5 Å². The zero-order valence-corrected chi connectivity index (χ0v) is 17.7. The minimum Gasteiger partial charge on any atom is -0.465 e. The van der Waals surface area contributed by atoms with Gasteiger partial charge in [0.2, 0.25) is 0 Å². The Hall–Kier alpha value is -3.02. The maximum Gasteiger partial charge on any atom is 0.407 e. The molecule has 5 nitrogen and oxygen atoms in total. The highest BCUT2D eigenvalue weighted by atomic mass is 35.5. The fourth-order valence-electron chi connectivity index (χ4n) is 3.88. The Labute approximate surface area is 186 Å². The third-order valence-electron chi connectivity index (χ3n) is 5.47. The van der Waals surface area contributed by atoms with Crippen LogP contribution in [0.5, 0.6) is 11.5 Å².